The van der Waals surface area contributed by atoms with Crippen molar-refractivity contribution in [2.75, 3.05) is 12.0 Å². The lowest BCUT2D eigenvalue weighted by Crippen LogP contribution is -2.15. The standard InChI is InChI=1S/C21H16N2O7/c1-30-21(27)13-6-11-19(24)18(12-13)22(14-7-9-15(10-8-14)23(28)29)17-5-3-2-4-16(17)20(25)26/h2-12,24H,1H3,(H,25,26). The van der Waals surface area contributed by atoms with Crippen LogP contribution in [0.4, 0.5) is 22.7 Å². The van der Waals surface area contributed by atoms with E-state index in [2.05, 4.69) is 0 Å². The second-order valence-electron chi connectivity index (χ2n) is 6.13. The zero-order valence-electron chi connectivity index (χ0n) is 15.7. The fraction of sp³-hybridized carbons (Fsp3) is 0.0476. The Labute approximate surface area is 170 Å². The maximum atomic E-state index is 12.0. The number of nitrogens with zero attached hydrogens (tertiary/aromatic N) is 2. The van der Waals surface area contributed by atoms with Gasteiger partial charge in [0, 0.05) is 17.8 Å². The quantitative estimate of drug-likeness (QED) is 0.352. The van der Waals surface area contributed by atoms with Gasteiger partial charge in [-0.1, -0.05) is 12.1 Å². The number of methoxy groups -OCH3 is 1. The minimum atomic E-state index is -1.21. The van der Waals surface area contributed by atoms with Crippen LogP contribution in [0.5, 0.6) is 5.75 Å². The molecule has 0 aromatic heterocycles. The molecule has 0 amide bonds. The van der Waals surface area contributed by atoms with Gasteiger partial charge in [0.2, 0.25) is 0 Å². The van der Waals surface area contributed by atoms with E-state index < -0.39 is 16.9 Å². The number of carboxylic acids is 1. The van der Waals surface area contributed by atoms with Crippen molar-refractivity contribution in [2.45, 2.75) is 0 Å². The number of phenolic OH excluding ortho intramolecular Hbond substituents is 1. The molecule has 9 heteroatoms. The van der Waals surface area contributed by atoms with Crippen molar-refractivity contribution in [2.24, 2.45) is 0 Å². The van der Waals surface area contributed by atoms with Gasteiger partial charge in [0.1, 0.15) is 5.75 Å². The summed E-state index contributed by atoms with van der Waals surface area (Å²) in [5.41, 5.74) is 0.532. The summed E-state index contributed by atoms with van der Waals surface area (Å²) in [6.45, 7) is 0. The molecule has 0 saturated heterocycles. The van der Waals surface area contributed by atoms with Crippen LogP contribution in [0.3, 0.4) is 0 Å². The average molecular weight is 408 g/mol. The third-order valence-corrected chi connectivity index (χ3v) is 4.33. The molecular weight excluding hydrogens is 392 g/mol. The molecule has 0 heterocycles. The summed E-state index contributed by atoms with van der Waals surface area (Å²) < 4.78 is 4.72. The normalized spacial score (nSPS) is 10.3. The van der Waals surface area contributed by atoms with E-state index in [0.29, 0.717) is 5.69 Å². The molecule has 3 aromatic carbocycles. The van der Waals surface area contributed by atoms with Crippen molar-refractivity contribution in [1.82, 2.24) is 0 Å². The molecule has 0 radical (unpaired) electrons. The first kappa shape index (κ1) is 20.3. The van der Waals surface area contributed by atoms with Crippen LogP contribution >= 0.6 is 0 Å². The molecular formula is C21H16N2O7. The zero-order valence-corrected chi connectivity index (χ0v) is 15.7. The number of rotatable bonds is 6. The van der Waals surface area contributed by atoms with Gasteiger partial charge < -0.3 is 19.8 Å². The fourth-order valence-electron chi connectivity index (χ4n) is 2.93. The molecule has 3 rings (SSSR count). The lowest BCUT2D eigenvalue weighted by Gasteiger charge is -2.27. The largest absolute Gasteiger partial charge is 0.506 e. The zero-order chi connectivity index (χ0) is 21.8. The SMILES string of the molecule is COC(=O)c1ccc(O)c(N(c2ccc([N+](=O)[O-])cc2)c2ccccc2C(=O)O)c1. The number of hydrogen-bond donors (Lipinski definition) is 2. The van der Waals surface area contributed by atoms with E-state index in [4.69, 9.17) is 4.74 Å². The Hall–Kier alpha value is -4.40. The van der Waals surface area contributed by atoms with Crippen molar-refractivity contribution >= 4 is 34.7 Å². The number of carbonyl (C=O) groups excluding carboxylic acids is 1. The summed E-state index contributed by atoms with van der Waals surface area (Å²) >= 11 is 0. The number of nitro benzene ring substituents is 1. The molecule has 3 aromatic rings. The molecule has 2 N–H and O–H groups in total. The number of non-ortho nitro benzene ring substituents is 1. The highest BCUT2D eigenvalue weighted by Crippen LogP contribution is 2.42. The van der Waals surface area contributed by atoms with Gasteiger partial charge in [0.25, 0.3) is 5.69 Å². The fourth-order valence-corrected chi connectivity index (χ4v) is 2.93. The van der Waals surface area contributed by atoms with E-state index in [1.54, 1.807) is 12.1 Å². The van der Waals surface area contributed by atoms with Gasteiger partial charge in [-0.3, -0.25) is 10.1 Å². The molecule has 0 bridgehead atoms. The van der Waals surface area contributed by atoms with E-state index >= 15 is 0 Å². The number of nitro groups is 1. The second kappa shape index (κ2) is 8.31. The number of carboxylic acid groups (broad SMARTS) is 1. The molecule has 0 saturated carbocycles. The van der Waals surface area contributed by atoms with E-state index in [1.807, 2.05) is 0 Å². The monoisotopic (exact) mass is 408 g/mol. The summed E-state index contributed by atoms with van der Waals surface area (Å²) in [5.74, 6) is -2.09. The van der Waals surface area contributed by atoms with Crippen LogP contribution in [0.25, 0.3) is 0 Å². The smallest absolute Gasteiger partial charge is 0.337 e. The lowest BCUT2D eigenvalue weighted by molar-refractivity contribution is -0.384. The van der Waals surface area contributed by atoms with Gasteiger partial charge in [-0.2, -0.15) is 0 Å². The number of carbonyl (C=O) groups is 2. The first-order valence-corrected chi connectivity index (χ1v) is 8.61. The minimum Gasteiger partial charge on any atom is -0.506 e. The Bertz CT molecular complexity index is 1130. The minimum absolute atomic E-state index is 0.0706. The van der Waals surface area contributed by atoms with Gasteiger partial charge in [-0.15, -0.1) is 0 Å². The Morgan fingerprint density at radius 2 is 1.67 bits per heavy atom. The highest BCUT2D eigenvalue weighted by molar-refractivity contribution is 5.99. The van der Waals surface area contributed by atoms with E-state index in [-0.39, 0.29) is 33.9 Å². The predicted octanol–water partition coefficient (Wildman–Crippen LogP) is 4.26. The second-order valence-corrected chi connectivity index (χ2v) is 6.13. The third-order valence-electron chi connectivity index (χ3n) is 4.33. The summed E-state index contributed by atoms with van der Waals surface area (Å²) in [7, 11) is 1.21. The molecule has 0 unspecified atom stereocenters. The molecule has 152 valence electrons. The van der Waals surface area contributed by atoms with Gasteiger partial charge in [-0.25, -0.2) is 9.59 Å². The van der Waals surface area contributed by atoms with Crippen molar-refractivity contribution in [3.05, 3.63) is 88.0 Å². The van der Waals surface area contributed by atoms with Crippen LogP contribution in [0.1, 0.15) is 20.7 Å². The Kier molecular flexibility index (Phi) is 5.63. The summed E-state index contributed by atoms with van der Waals surface area (Å²) in [6.07, 6.45) is 0. The predicted molar refractivity (Wildman–Crippen MR) is 108 cm³/mol. The van der Waals surface area contributed by atoms with Crippen molar-refractivity contribution in [1.29, 1.82) is 0 Å². The van der Waals surface area contributed by atoms with Crippen LogP contribution in [-0.4, -0.2) is 34.2 Å². The Morgan fingerprint density at radius 3 is 2.27 bits per heavy atom. The molecule has 0 aliphatic rings. The van der Waals surface area contributed by atoms with Crippen LogP contribution in [0.2, 0.25) is 0 Å². The van der Waals surface area contributed by atoms with Crippen LogP contribution in [0.15, 0.2) is 66.7 Å². The van der Waals surface area contributed by atoms with Gasteiger partial charge in [-0.05, 0) is 42.5 Å². The molecule has 0 atom stereocenters. The molecule has 9 nitrogen and oxygen atoms in total. The van der Waals surface area contributed by atoms with Gasteiger partial charge in [0.05, 0.1) is 34.5 Å². The van der Waals surface area contributed by atoms with Crippen LogP contribution < -0.4 is 4.90 Å². The first-order chi connectivity index (χ1) is 14.3. The topological polar surface area (TPSA) is 130 Å². The summed E-state index contributed by atoms with van der Waals surface area (Å²) in [5, 5.41) is 31.1. The van der Waals surface area contributed by atoms with Crippen molar-refractivity contribution in [3.63, 3.8) is 0 Å². The van der Waals surface area contributed by atoms with E-state index in [0.717, 1.165) is 0 Å². The van der Waals surface area contributed by atoms with Gasteiger partial charge >= 0.3 is 11.9 Å². The number of anilines is 3. The molecule has 30 heavy (non-hydrogen) atoms. The highest BCUT2D eigenvalue weighted by Gasteiger charge is 2.23. The number of aromatic hydroxyl groups is 1. The number of phenols is 1. The van der Waals surface area contributed by atoms with E-state index in [9.17, 15) is 29.9 Å². The first-order valence-electron chi connectivity index (χ1n) is 8.61. The molecule has 0 spiro atoms. The maximum absolute atomic E-state index is 12.0. The summed E-state index contributed by atoms with van der Waals surface area (Å²) in [4.78, 5) is 35.6. The van der Waals surface area contributed by atoms with Crippen molar-refractivity contribution in [3.8, 4) is 5.75 Å². The highest BCUT2D eigenvalue weighted by atomic mass is 16.6. The third kappa shape index (κ3) is 3.90. The molecule has 0 aliphatic carbocycles. The van der Waals surface area contributed by atoms with E-state index in [1.165, 1.54) is 66.6 Å². The summed E-state index contributed by atoms with van der Waals surface area (Å²) in [6, 6.07) is 15.4. The number of para-hydroxylation sites is 1. The number of aromatic carboxylic acids is 1. The van der Waals surface area contributed by atoms with Crippen LogP contribution in [0, 0.1) is 10.1 Å². The molecule has 0 aliphatic heterocycles. The molecule has 0 fully saturated rings. The lowest BCUT2D eigenvalue weighted by atomic mass is 10.1. The number of hydrogen-bond acceptors (Lipinski definition) is 7. The number of esters is 1. The number of ether oxygens (including phenoxy) is 1. The van der Waals surface area contributed by atoms with Crippen LogP contribution in [-0.2, 0) is 4.74 Å². The number of benzene rings is 3. The van der Waals surface area contributed by atoms with Gasteiger partial charge in [0.15, 0.2) is 0 Å². The van der Waals surface area contributed by atoms with Crippen molar-refractivity contribution < 1.29 is 29.5 Å². The Morgan fingerprint density at radius 1 is 1.00 bits per heavy atom. The Balaban J connectivity index is 2.28. The maximum Gasteiger partial charge on any atom is 0.337 e. The average Bonchev–Trinajstić information content (AvgIpc) is 2.75.